The van der Waals surface area contributed by atoms with Crippen molar-refractivity contribution in [2.75, 3.05) is 5.73 Å². The van der Waals surface area contributed by atoms with Crippen LogP contribution in [0.5, 0.6) is 0 Å². The molecular weight excluding hydrogens is 362 g/mol. The lowest BCUT2D eigenvalue weighted by Gasteiger charge is -2.13. The molecule has 2 atom stereocenters. The van der Waals surface area contributed by atoms with E-state index in [1.54, 1.807) is 10.7 Å². The van der Waals surface area contributed by atoms with Gasteiger partial charge in [-0.25, -0.2) is 4.98 Å². The summed E-state index contributed by atoms with van der Waals surface area (Å²) in [7, 11) is 0. The monoisotopic (exact) mass is 373 g/mol. The van der Waals surface area contributed by atoms with E-state index in [0.29, 0.717) is 11.7 Å². The van der Waals surface area contributed by atoms with Crippen molar-refractivity contribution < 1.29 is 0 Å². The zero-order valence-electron chi connectivity index (χ0n) is 9.61. The van der Waals surface area contributed by atoms with Gasteiger partial charge in [-0.1, -0.05) is 0 Å². The van der Waals surface area contributed by atoms with Gasteiger partial charge in [0.25, 0.3) is 0 Å². The summed E-state index contributed by atoms with van der Waals surface area (Å²) in [6.07, 6.45) is 4.78. The largest absolute Gasteiger partial charge is 0.383 e. The number of fused-ring (bicyclic) bond motifs is 1. The van der Waals surface area contributed by atoms with Crippen LogP contribution < -0.4 is 11.5 Å². The molecule has 0 radical (unpaired) electrons. The molecule has 2 aromatic heterocycles. The number of rotatable bonds is 1. The Labute approximate surface area is 121 Å². The van der Waals surface area contributed by atoms with E-state index in [1.165, 1.54) is 0 Å². The average Bonchev–Trinajstić information content (AvgIpc) is 2.91. The summed E-state index contributed by atoms with van der Waals surface area (Å²) in [5.41, 5.74) is 13.8. The van der Waals surface area contributed by atoms with Crippen LogP contribution in [0.25, 0.3) is 5.65 Å². The van der Waals surface area contributed by atoms with Crippen LogP contribution in [-0.2, 0) is 0 Å². The molecule has 1 aliphatic carbocycles. The molecule has 1 saturated carbocycles. The van der Waals surface area contributed by atoms with Crippen molar-refractivity contribution in [1.82, 2.24) is 14.6 Å². The normalized spacial score (nSPS) is 23.9. The highest BCUT2D eigenvalue weighted by Crippen LogP contribution is 2.39. The molecular formula is C11H13Br2N5. The van der Waals surface area contributed by atoms with Crippen molar-refractivity contribution in [3.8, 4) is 0 Å². The van der Waals surface area contributed by atoms with Crippen LogP contribution in [0.2, 0.25) is 0 Å². The summed E-state index contributed by atoms with van der Waals surface area (Å²) >= 11 is 6.97. The molecule has 0 saturated heterocycles. The first-order valence-electron chi connectivity index (χ1n) is 5.81. The topological polar surface area (TPSA) is 82.2 Å². The third kappa shape index (κ3) is 1.85. The molecule has 0 bridgehead atoms. The summed E-state index contributed by atoms with van der Waals surface area (Å²) in [6.45, 7) is 0. The third-order valence-electron chi connectivity index (χ3n) is 3.46. The Morgan fingerprint density at radius 1 is 1.33 bits per heavy atom. The highest BCUT2D eigenvalue weighted by molar-refractivity contribution is 9.11. The van der Waals surface area contributed by atoms with Gasteiger partial charge in [-0.15, -0.1) is 0 Å². The van der Waals surface area contributed by atoms with Gasteiger partial charge < -0.3 is 11.5 Å². The Kier molecular flexibility index (Phi) is 3.07. The number of nitrogens with two attached hydrogens (primary N) is 2. The van der Waals surface area contributed by atoms with E-state index in [-0.39, 0.29) is 6.04 Å². The van der Waals surface area contributed by atoms with Crippen LogP contribution in [0.4, 0.5) is 5.82 Å². The van der Waals surface area contributed by atoms with Gasteiger partial charge in [-0.2, -0.15) is 9.61 Å². The summed E-state index contributed by atoms with van der Waals surface area (Å²) in [6, 6.07) is 0.273. The molecule has 2 heterocycles. The Morgan fingerprint density at radius 3 is 2.78 bits per heavy atom. The first-order chi connectivity index (χ1) is 8.58. The Balaban J connectivity index is 2.17. The number of aromatic nitrogens is 3. The summed E-state index contributed by atoms with van der Waals surface area (Å²) in [4.78, 5) is 4.68. The number of nitrogens with zero attached hydrogens (tertiary/aromatic N) is 3. The molecule has 4 N–H and O–H groups in total. The predicted molar refractivity (Wildman–Crippen MR) is 77.4 cm³/mol. The second kappa shape index (κ2) is 4.47. The fourth-order valence-corrected chi connectivity index (χ4v) is 3.45. The number of nitrogen functional groups attached to an aromatic ring is 1. The van der Waals surface area contributed by atoms with Crippen LogP contribution in [0.1, 0.15) is 30.9 Å². The van der Waals surface area contributed by atoms with Gasteiger partial charge >= 0.3 is 0 Å². The molecule has 0 amide bonds. The van der Waals surface area contributed by atoms with Crippen LogP contribution in [0, 0.1) is 0 Å². The Bertz CT molecular complexity index is 609. The van der Waals surface area contributed by atoms with Gasteiger partial charge in [0.05, 0.1) is 20.8 Å². The van der Waals surface area contributed by atoms with Crippen LogP contribution in [-0.4, -0.2) is 20.6 Å². The smallest absolute Gasteiger partial charge is 0.172 e. The molecule has 0 aliphatic heterocycles. The van der Waals surface area contributed by atoms with Gasteiger partial charge in [-0.05, 0) is 51.1 Å². The second-order valence-corrected chi connectivity index (χ2v) is 6.34. The number of anilines is 1. The highest BCUT2D eigenvalue weighted by atomic mass is 79.9. The second-order valence-electron chi connectivity index (χ2n) is 4.69. The molecule has 1 fully saturated rings. The molecule has 96 valence electrons. The van der Waals surface area contributed by atoms with Crippen molar-refractivity contribution in [2.24, 2.45) is 5.73 Å². The molecule has 1 aliphatic rings. The molecule has 2 aromatic rings. The molecule has 1 unspecified atom stereocenters. The van der Waals surface area contributed by atoms with E-state index in [1.807, 2.05) is 0 Å². The van der Waals surface area contributed by atoms with Crippen LogP contribution in [0.3, 0.4) is 0 Å². The van der Waals surface area contributed by atoms with E-state index in [9.17, 15) is 0 Å². The zero-order chi connectivity index (χ0) is 12.9. The van der Waals surface area contributed by atoms with E-state index in [0.717, 1.165) is 39.5 Å². The van der Waals surface area contributed by atoms with E-state index in [2.05, 4.69) is 41.9 Å². The van der Waals surface area contributed by atoms with Crippen LogP contribution >= 0.6 is 31.9 Å². The van der Waals surface area contributed by atoms with Crippen molar-refractivity contribution in [3.63, 3.8) is 0 Å². The first kappa shape index (κ1) is 12.4. The predicted octanol–water partition coefficient (Wildman–Crippen LogP) is 2.43. The summed E-state index contributed by atoms with van der Waals surface area (Å²) < 4.78 is 3.32. The van der Waals surface area contributed by atoms with Gasteiger partial charge in [0.2, 0.25) is 0 Å². The maximum absolute atomic E-state index is 6.10. The third-order valence-corrected chi connectivity index (χ3v) is 4.84. The quantitative estimate of drug-likeness (QED) is 0.802. The first-order valence-corrected chi connectivity index (χ1v) is 7.40. The summed E-state index contributed by atoms with van der Waals surface area (Å²) in [5.74, 6) is 0.963. The van der Waals surface area contributed by atoms with Gasteiger partial charge in [0.15, 0.2) is 5.65 Å². The SMILES string of the molecule is Nc1c(Br)c(C2CC[C@@H](N)C2)nc2c(Br)cnn12. The zero-order valence-corrected chi connectivity index (χ0v) is 12.8. The number of hydrogen-bond acceptors (Lipinski definition) is 4. The van der Waals surface area contributed by atoms with E-state index < -0.39 is 0 Å². The van der Waals surface area contributed by atoms with Crippen LogP contribution in [0.15, 0.2) is 15.1 Å². The van der Waals surface area contributed by atoms with E-state index in [4.69, 9.17) is 11.5 Å². The van der Waals surface area contributed by atoms with Gasteiger partial charge in [-0.3, -0.25) is 0 Å². The van der Waals surface area contributed by atoms with Crippen molar-refractivity contribution in [3.05, 3.63) is 20.8 Å². The highest BCUT2D eigenvalue weighted by Gasteiger charge is 2.28. The summed E-state index contributed by atoms with van der Waals surface area (Å²) in [5, 5.41) is 4.19. The minimum atomic E-state index is 0.273. The molecule has 0 aromatic carbocycles. The van der Waals surface area contributed by atoms with Crippen molar-refractivity contribution in [2.45, 2.75) is 31.2 Å². The molecule has 0 spiro atoms. The maximum atomic E-state index is 6.10. The molecule has 5 nitrogen and oxygen atoms in total. The maximum Gasteiger partial charge on any atom is 0.172 e. The van der Waals surface area contributed by atoms with Crippen molar-refractivity contribution >= 4 is 43.3 Å². The minimum absolute atomic E-state index is 0.273. The minimum Gasteiger partial charge on any atom is -0.383 e. The standard InChI is InChI=1S/C11H13Br2N5/c12-7-4-16-18-10(15)8(13)9(17-11(7)18)5-1-2-6(14)3-5/h4-6H,1-3,14-15H2/t5?,6-/m1/s1. The lowest BCUT2D eigenvalue weighted by atomic mass is 10.0. The molecule has 7 heteroatoms. The molecule has 3 rings (SSSR count). The molecule has 18 heavy (non-hydrogen) atoms. The lowest BCUT2D eigenvalue weighted by Crippen LogP contribution is -2.15. The number of halogens is 2. The average molecular weight is 375 g/mol. The Hall–Kier alpha value is -0.660. The Morgan fingerprint density at radius 2 is 2.11 bits per heavy atom. The fourth-order valence-electron chi connectivity index (χ4n) is 2.52. The van der Waals surface area contributed by atoms with Crippen molar-refractivity contribution in [1.29, 1.82) is 0 Å². The fraction of sp³-hybridized carbons (Fsp3) is 0.455. The van der Waals surface area contributed by atoms with Gasteiger partial charge in [0, 0.05) is 12.0 Å². The lowest BCUT2D eigenvalue weighted by molar-refractivity contribution is 0.658. The number of hydrogen-bond donors (Lipinski definition) is 2. The van der Waals surface area contributed by atoms with E-state index >= 15 is 0 Å². The van der Waals surface area contributed by atoms with Gasteiger partial charge in [0.1, 0.15) is 5.82 Å².